The van der Waals surface area contributed by atoms with Crippen LogP contribution in [0.4, 0.5) is 0 Å². The number of aromatic nitrogens is 1. The molecule has 0 spiro atoms. The van der Waals surface area contributed by atoms with Crippen LogP contribution in [0.2, 0.25) is 0 Å². The van der Waals surface area contributed by atoms with Crippen LogP contribution in [-0.2, 0) is 6.54 Å². The standard InChI is InChI=1S/C18H20N2O3/c1-13(2)10-20(18(21)15-5-7-19-8-6-15)11-14-3-4-16-17(9-14)23-12-22-16/h3-9,13H,10-12H2,1-2H3. The third-order valence-corrected chi connectivity index (χ3v) is 3.61. The highest BCUT2D eigenvalue weighted by Crippen LogP contribution is 2.33. The molecule has 0 atom stereocenters. The lowest BCUT2D eigenvalue weighted by Gasteiger charge is -2.25. The van der Waals surface area contributed by atoms with Gasteiger partial charge in [0.1, 0.15) is 0 Å². The average molecular weight is 312 g/mol. The molecule has 0 bridgehead atoms. The van der Waals surface area contributed by atoms with Gasteiger partial charge in [-0.15, -0.1) is 0 Å². The maximum absolute atomic E-state index is 12.8. The second-order valence-corrected chi connectivity index (χ2v) is 6.00. The summed E-state index contributed by atoms with van der Waals surface area (Å²) in [5.41, 5.74) is 1.68. The molecule has 1 aromatic carbocycles. The molecule has 23 heavy (non-hydrogen) atoms. The summed E-state index contributed by atoms with van der Waals surface area (Å²) < 4.78 is 10.7. The molecule has 0 radical (unpaired) electrons. The fourth-order valence-electron chi connectivity index (χ4n) is 2.60. The first-order valence-electron chi connectivity index (χ1n) is 7.71. The van der Waals surface area contributed by atoms with Gasteiger partial charge >= 0.3 is 0 Å². The van der Waals surface area contributed by atoms with Gasteiger partial charge in [-0.1, -0.05) is 19.9 Å². The Morgan fingerprint density at radius 2 is 1.91 bits per heavy atom. The summed E-state index contributed by atoms with van der Waals surface area (Å²) >= 11 is 0. The van der Waals surface area contributed by atoms with E-state index in [1.807, 2.05) is 23.1 Å². The van der Waals surface area contributed by atoms with Crippen LogP contribution in [0.5, 0.6) is 11.5 Å². The summed E-state index contributed by atoms with van der Waals surface area (Å²) in [4.78, 5) is 18.6. The largest absolute Gasteiger partial charge is 0.454 e. The first-order chi connectivity index (χ1) is 11.1. The number of pyridine rings is 1. The fourth-order valence-corrected chi connectivity index (χ4v) is 2.60. The molecule has 3 rings (SSSR count). The van der Waals surface area contributed by atoms with Crippen molar-refractivity contribution in [3.05, 3.63) is 53.9 Å². The van der Waals surface area contributed by atoms with Crippen molar-refractivity contribution in [1.29, 1.82) is 0 Å². The number of ether oxygens (including phenoxy) is 2. The summed E-state index contributed by atoms with van der Waals surface area (Å²) in [6, 6.07) is 9.29. The summed E-state index contributed by atoms with van der Waals surface area (Å²) in [5, 5.41) is 0. The number of hydrogen-bond donors (Lipinski definition) is 0. The van der Waals surface area contributed by atoms with Crippen molar-refractivity contribution in [2.75, 3.05) is 13.3 Å². The average Bonchev–Trinajstić information content (AvgIpc) is 3.01. The lowest BCUT2D eigenvalue weighted by molar-refractivity contribution is 0.0722. The molecule has 0 saturated carbocycles. The molecule has 1 aromatic heterocycles. The van der Waals surface area contributed by atoms with Gasteiger partial charge in [0.05, 0.1) is 0 Å². The molecule has 2 heterocycles. The zero-order valence-electron chi connectivity index (χ0n) is 13.4. The van der Waals surface area contributed by atoms with Gasteiger partial charge in [-0.2, -0.15) is 0 Å². The molecule has 0 unspecified atom stereocenters. The van der Waals surface area contributed by atoms with E-state index < -0.39 is 0 Å². The van der Waals surface area contributed by atoms with Gasteiger partial charge in [0.15, 0.2) is 11.5 Å². The maximum Gasteiger partial charge on any atom is 0.254 e. The lowest BCUT2D eigenvalue weighted by Crippen LogP contribution is -2.33. The van der Waals surface area contributed by atoms with E-state index >= 15 is 0 Å². The highest BCUT2D eigenvalue weighted by Gasteiger charge is 2.19. The third kappa shape index (κ3) is 3.62. The number of hydrogen-bond acceptors (Lipinski definition) is 4. The van der Waals surface area contributed by atoms with Crippen LogP contribution < -0.4 is 9.47 Å². The molecule has 5 nitrogen and oxygen atoms in total. The maximum atomic E-state index is 12.8. The van der Waals surface area contributed by atoms with E-state index in [4.69, 9.17) is 9.47 Å². The Bertz CT molecular complexity index is 686. The van der Waals surface area contributed by atoms with Crippen molar-refractivity contribution < 1.29 is 14.3 Å². The van der Waals surface area contributed by atoms with Gasteiger partial charge in [-0.25, -0.2) is 0 Å². The number of carbonyl (C=O) groups is 1. The number of rotatable bonds is 5. The van der Waals surface area contributed by atoms with Crippen LogP contribution in [0.1, 0.15) is 29.8 Å². The molecule has 120 valence electrons. The quantitative estimate of drug-likeness (QED) is 0.851. The van der Waals surface area contributed by atoms with E-state index in [2.05, 4.69) is 18.8 Å². The fraction of sp³-hybridized carbons (Fsp3) is 0.333. The molecule has 0 fully saturated rings. The topological polar surface area (TPSA) is 51.7 Å². The highest BCUT2D eigenvalue weighted by molar-refractivity contribution is 5.94. The van der Waals surface area contributed by atoms with Crippen molar-refractivity contribution in [2.24, 2.45) is 5.92 Å². The minimum Gasteiger partial charge on any atom is -0.454 e. The van der Waals surface area contributed by atoms with E-state index in [0.29, 0.717) is 24.6 Å². The van der Waals surface area contributed by atoms with Crippen LogP contribution in [0.3, 0.4) is 0 Å². The van der Waals surface area contributed by atoms with Crippen molar-refractivity contribution in [1.82, 2.24) is 9.88 Å². The molecular formula is C18H20N2O3. The second-order valence-electron chi connectivity index (χ2n) is 6.00. The molecule has 2 aromatic rings. The first kappa shape index (κ1) is 15.3. The second kappa shape index (κ2) is 6.69. The third-order valence-electron chi connectivity index (χ3n) is 3.61. The molecule has 1 amide bonds. The Morgan fingerprint density at radius 1 is 1.17 bits per heavy atom. The van der Waals surface area contributed by atoms with Gasteiger partial charge in [-0.05, 0) is 35.7 Å². The summed E-state index contributed by atoms with van der Waals surface area (Å²) in [5.74, 6) is 1.89. The van der Waals surface area contributed by atoms with Gasteiger partial charge in [0.2, 0.25) is 6.79 Å². The predicted molar refractivity (Wildman–Crippen MR) is 86.4 cm³/mol. The summed E-state index contributed by atoms with van der Waals surface area (Å²) in [6.07, 6.45) is 3.28. The Hall–Kier alpha value is -2.56. The molecule has 0 aliphatic carbocycles. The summed E-state index contributed by atoms with van der Waals surface area (Å²) in [6.45, 7) is 5.69. The van der Waals surface area contributed by atoms with Crippen molar-refractivity contribution in [3.63, 3.8) is 0 Å². The minimum atomic E-state index is 0.0127. The molecular weight excluding hydrogens is 292 g/mol. The van der Waals surface area contributed by atoms with E-state index in [9.17, 15) is 4.79 Å². The monoisotopic (exact) mass is 312 g/mol. The highest BCUT2D eigenvalue weighted by atomic mass is 16.7. The molecule has 1 aliphatic rings. The van der Waals surface area contributed by atoms with E-state index in [0.717, 1.165) is 17.1 Å². The van der Waals surface area contributed by atoms with Crippen molar-refractivity contribution in [3.8, 4) is 11.5 Å². The van der Waals surface area contributed by atoms with Crippen LogP contribution in [0.25, 0.3) is 0 Å². The SMILES string of the molecule is CC(C)CN(Cc1ccc2c(c1)OCO2)C(=O)c1ccncc1. The van der Waals surface area contributed by atoms with Gasteiger partial charge < -0.3 is 14.4 Å². The normalized spacial score (nSPS) is 12.5. The number of carbonyl (C=O) groups excluding carboxylic acids is 1. The lowest BCUT2D eigenvalue weighted by atomic mass is 10.1. The molecule has 0 saturated heterocycles. The van der Waals surface area contributed by atoms with E-state index in [1.54, 1.807) is 24.5 Å². The van der Waals surface area contributed by atoms with Gasteiger partial charge in [0, 0.05) is 31.0 Å². The minimum absolute atomic E-state index is 0.0127. The smallest absolute Gasteiger partial charge is 0.254 e. The van der Waals surface area contributed by atoms with Crippen molar-refractivity contribution >= 4 is 5.91 Å². The molecule has 5 heteroatoms. The van der Waals surface area contributed by atoms with Gasteiger partial charge in [-0.3, -0.25) is 9.78 Å². The number of nitrogens with zero attached hydrogens (tertiary/aromatic N) is 2. The Morgan fingerprint density at radius 3 is 2.65 bits per heavy atom. The van der Waals surface area contributed by atoms with Crippen LogP contribution >= 0.6 is 0 Å². The zero-order valence-corrected chi connectivity index (χ0v) is 13.4. The van der Waals surface area contributed by atoms with Crippen LogP contribution in [-0.4, -0.2) is 29.1 Å². The first-order valence-corrected chi connectivity index (χ1v) is 7.71. The van der Waals surface area contributed by atoms with E-state index in [1.165, 1.54) is 0 Å². The van der Waals surface area contributed by atoms with Gasteiger partial charge in [0.25, 0.3) is 5.91 Å². The van der Waals surface area contributed by atoms with Crippen molar-refractivity contribution in [2.45, 2.75) is 20.4 Å². The number of amides is 1. The number of fused-ring (bicyclic) bond motifs is 1. The Kier molecular flexibility index (Phi) is 4.46. The molecule has 0 N–H and O–H groups in total. The molecule has 1 aliphatic heterocycles. The predicted octanol–water partition coefficient (Wildman–Crippen LogP) is 3.11. The van der Waals surface area contributed by atoms with Crippen LogP contribution in [0.15, 0.2) is 42.7 Å². The van der Waals surface area contributed by atoms with E-state index in [-0.39, 0.29) is 12.7 Å². The number of benzene rings is 1. The Labute approximate surface area is 135 Å². The zero-order chi connectivity index (χ0) is 16.2. The Balaban J connectivity index is 1.80. The van der Waals surface area contributed by atoms with Crippen LogP contribution in [0, 0.1) is 5.92 Å². The summed E-state index contributed by atoms with van der Waals surface area (Å²) in [7, 11) is 0.